The van der Waals surface area contributed by atoms with Gasteiger partial charge in [-0.05, 0) is 39.2 Å². The van der Waals surface area contributed by atoms with Gasteiger partial charge in [-0.1, -0.05) is 13.0 Å². The molecule has 0 N–H and O–H groups in total. The molecule has 110 valence electrons. The first kappa shape index (κ1) is 14.6. The molecule has 0 bridgehead atoms. The van der Waals surface area contributed by atoms with Crippen LogP contribution in [0.4, 0.5) is 4.79 Å². The molecule has 0 aliphatic carbocycles. The Morgan fingerprint density at radius 2 is 2.15 bits per heavy atom. The van der Waals surface area contributed by atoms with E-state index in [0.29, 0.717) is 12.5 Å². The number of ether oxygens (including phenoxy) is 1. The number of rotatable bonds is 1. The van der Waals surface area contributed by atoms with Crippen LogP contribution in [0.1, 0.15) is 39.8 Å². The maximum Gasteiger partial charge on any atom is 0.414 e. The summed E-state index contributed by atoms with van der Waals surface area (Å²) in [6, 6.07) is 1.92. The SMILES string of the molecule is CC1CC=C(c2ccn(C)n2)N(C(=O)OC(C)(C)C)C1. The molecule has 5 nitrogen and oxygen atoms in total. The van der Waals surface area contributed by atoms with Crippen molar-refractivity contribution in [1.29, 1.82) is 0 Å². The maximum atomic E-state index is 12.4. The summed E-state index contributed by atoms with van der Waals surface area (Å²) in [5.41, 5.74) is 1.16. The Kier molecular flexibility index (Phi) is 3.88. The summed E-state index contributed by atoms with van der Waals surface area (Å²) < 4.78 is 7.23. The topological polar surface area (TPSA) is 47.4 Å². The van der Waals surface area contributed by atoms with E-state index in [9.17, 15) is 4.79 Å². The Morgan fingerprint density at radius 3 is 2.70 bits per heavy atom. The van der Waals surface area contributed by atoms with Gasteiger partial charge in [0.25, 0.3) is 0 Å². The average molecular weight is 277 g/mol. The van der Waals surface area contributed by atoms with Gasteiger partial charge in [0, 0.05) is 19.8 Å². The molecule has 1 aromatic rings. The second-order valence-corrected chi connectivity index (χ2v) is 6.40. The zero-order chi connectivity index (χ0) is 14.9. The van der Waals surface area contributed by atoms with Gasteiger partial charge in [-0.3, -0.25) is 9.58 Å². The number of hydrogen-bond acceptors (Lipinski definition) is 3. The molecule has 1 aliphatic rings. The van der Waals surface area contributed by atoms with Crippen LogP contribution in [0, 0.1) is 5.92 Å². The van der Waals surface area contributed by atoms with E-state index < -0.39 is 5.60 Å². The molecule has 2 heterocycles. The normalized spacial score (nSPS) is 19.8. The van der Waals surface area contributed by atoms with Crippen molar-refractivity contribution < 1.29 is 9.53 Å². The zero-order valence-electron chi connectivity index (χ0n) is 12.9. The Morgan fingerprint density at radius 1 is 1.45 bits per heavy atom. The first-order valence-corrected chi connectivity index (χ1v) is 6.97. The van der Waals surface area contributed by atoms with Crippen LogP contribution in [-0.4, -0.2) is 32.9 Å². The quantitative estimate of drug-likeness (QED) is 0.792. The number of amides is 1. The van der Waals surface area contributed by atoms with Crippen LogP contribution in [0.3, 0.4) is 0 Å². The molecule has 20 heavy (non-hydrogen) atoms. The van der Waals surface area contributed by atoms with E-state index in [4.69, 9.17) is 4.74 Å². The number of nitrogens with zero attached hydrogens (tertiary/aromatic N) is 3. The lowest BCUT2D eigenvalue weighted by Crippen LogP contribution is -2.39. The monoisotopic (exact) mass is 277 g/mol. The molecule has 0 saturated heterocycles. The van der Waals surface area contributed by atoms with E-state index in [1.807, 2.05) is 40.1 Å². The molecular formula is C15H23N3O2. The molecule has 1 amide bonds. The lowest BCUT2D eigenvalue weighted by Gasteiger charge is -2.33. The highest BCUT2D eigenvalue weighted by Gasteiger charge is 2.30. The number of allylic oxidation sites excluding steroid dienone is 1. The van der Waals surface area contributed by atoms with Gasteiger partial charge < -0.3 is 4.74 Å². The fourth-order valence-corrected chi connectivity index (χ4v) is 2.19. The van der Waals surface area contributed by atoms with Crippen molar-refractivity contribution in [1.82, 2.24) is 14.7 Å². The van der Waals surface area contributed by atoms with Crippen LogP contribution in [0.15, 0.2) is 18.3 Å². The van der Waals surface area contributed by atoms with E-state index in [0.717, 1.165) is 17.8 Å². The van der Waals surface area contributed by atoms with Crippen molar-refractivity contribution in [3.8, 4) is 0 Å². The lowest BCUT2D eigenvalue weighted by molar-refractivity contribution is 0.0327. The average Bonchev–Trinajstić information content (AvgIpc) is 2.73. The van der Waals surface area contributed by atoms with Gasteiger partial charge in [0.1, 0.15) is 11.3 Å². The molecule has 0 aromatic carbocycles. The molecule has 0 spiro atoms. The largest absolute Gasteiger partial charge is 0.443 e. The third-order valence-corrected chi connectivity index (χ3v) is 3.09. The van der Waals surface area contributed by atoms with Crippen LogP contribution in [0.25, 0.3) is 5.70 Å². The predicted octanol–water partition coefficient (Wildman–Crippen LogP) is 3.04. The standard InChI is InChI=1S/C15H23N3O2/c1-11-6-7-13(12-8-9-17(5)16-12)18(10-11)14(19)20-15(2,3)4/h7-9,11H,6,10H2,1-5H3. The summed E-state index contributed by atoms with van der Waals surface area (Å²) in [6.45, 7) is 8.42. The molecule has 1 atom stereocenters. The number of carbonyl (C=O) groups excluding carboxylic acids is 1. The second kappa shape index (κ2) is 5.31. The summed E-state index contributed by atoms with van der Waals surface area (Å²) in [5, 5.41) is 4.39. The Labute approximate surface area is 120 Å². The highest BCUT2D eigenvalue weighted by molar-refractivity contribution is 5.82. The molecule has 0 saturated carbocycles. The molecule has 1 unspecified atom stereocenters. The van der Waals surface area contributed by atoms with E-state index in [-0.39, 0.29) is 6.09 Å². The van der Waals surface area contributed by atoms with E-state index >= 15 is 0 Å². The van der Waals surface area contributed by atoms with E-state index in [1.54, 1.807) is 9.58 Å². The van der Waals surface area contributed by atoms with Gasteiger partial charge in [-0.15, -0.1) is 0 Å². The molecule has 2 rings (SSSR count). The summed E-state index contributed by atoms with van der Waals surface area (Å²) in [5.74, 6) is 0.426. The number of aryl methyl sites for hydroxylation is 1. The van der Waals surface area contributed by atoms with Gasteiger partial charge >= 0.3 is 6.09 Å². The Bertz CT molecular complexity index is 525. The van der Waals surface area contributed by atoms with Crippen molar-refractivity contribution in [2.24, 2.45) is 13.0 Å². The summed E-state index contributed by atoms with van der Waals surface area (Å²) in [7, 11) is 1.87. The van der Waals surface area contributed by atoms with Crippen molar-refractivity contribution in [3.63, 3.8) is 0 Å². The van der Waals surface area contributed by atoms with Crippen molar-refractivity contribution in [2.75, 3.05) is 6.54 Å². The lowest BCUT2D eigenvalue weighted by atomic mass is 10.0. The number of hydrogen-bond donors (Lipinski definition) is 0. The van der Waals surface area contributed by atoms with Crippen molar-refractivity contribution in [3.05, 3.63) is 24.0 Å². The molecule has 1 aliphatic heterocycles. The van der Waals surface area contributed by atoms with Gasteiger partial charge in [0.05, 0.1) is 5.70 Å². The summed E-state index contributed by atoms with van der Waals surface area (Å²) in [4.78, 5) is 14.1. The maximum absolute atomic E-state index is 12.4. The Hall–Kier alpha value is -1.78. The Balaban J connectivity index is 2.26. The first-order valence-electron chi connectivity index (χ1n) is 6.97. The summed E-state index contributed by atoms with van der Waals surface area (Å²) >= 11 is 0. The smallest absolute Gasteiger partial charge is 0.414 e. The summed E-state index contributed by atoms with van der Waals surface area (Å²) in [6.07, 6.45) is 4.59. The molecular weight excluding hydrogens is 254 g/mol. The second-order valence-electron chi connectivity index (χ2n) is 6.40. The number of aromatic nitrogens is 2. The molecule has 5 heteroatoms. The molecule has 0 radical (unpaired) electrons. The van der Waals surface area contributed by atoms with Gasteiger partial charge in [-0.2, -0.15) is 5.10 Å². The van der Waals surface area contributed by atoms with Crippen molar-refractivity contribution in [2.45, 2.75) is 39.7 Å². The van der Waals surface area contributed by atoms with E-state index in [2.05, 4.69) is 18.1 Å². The van der Waals surface area contributed by atoms with Crippen LogP contribution in [0.2, 0.25) is 0 Å². The third-order valence-electron chi connectivity index (χ3n) is 3.09. The first-order chi connectivity index (χ1) is 9.26. The van der Waals surface area contributed by atoms with Crippen molar-refractivity contribution >= 4 is 11.8 Å². The molecule has 0 fully saturated rings. The van der Waals surface area contributed by atoms with Crippen LogP contribution in [0.5, 0.6) is 0 Å². The number of carbonyl (C=O) groups is 1. The van der Waals surface area contributed by atoms with Crippen LogP contribution in [-0.2, 0) is 11.8 Å². The highest BCUT2D eigenvalue weighted by atomic mass is 16.6. The highest BCUT2D eigenvalue weighted by Crippen LogP contribution is 2.28. The van der Waals surface area contributed by atoms with Gasteiger partial charge in [-0.25, -0.2) is 4.79 Å². The van der Waals surface area contributed by atoms with E-state index in [1.165, 1.54) is 0 Å². The fourth-order valence-electron chi connectivity index (χ4n) is 2.19. The molecule has 1 aromatic heterocycles. The zero-order valence-corrected chi connectivity index (χ0v) is 12.9. The van der Waals surface area contributed by atoms with Crippen LogP contribution >= 0.6 is 0 Å². The van der Waals surface area contributed by atoms with Crippen LogP contribution < -0.4 is 0 Å². The van der Waals surface area contributed by atoms with Gasteiger partial charge in [0.15, 0.2) is 0 Å². The van der Waals surface area contributed by atoms with Gasteiger partial charge in [0.2, 0.25) is 0 Å². The fraction of sp³-hybridized carbons (Fsp3) is 0.600. The third kappa shape index (κ3) is 3.40. The minimum atomic E-state index is -0.493. The minimum absolute atomic E-state index is 0.305. The predicted molar refractivity (Wildman–Crippen MR) is 77.9 cm³/mol. The minimum Gasteiger partial charge on any atom is -0.443 e.